The summed E-state index contributed by atoms with van der Waals surface area (Å²) in [6, 6.07) is 0. The second-order valence-corrected chi connectivity index (χ2v) is 4.51. The second kappa shape index (κ2) is 3.42. The quantitative estimate of drug-likeness (QED) is 0.515. The molecular formula is C5H10ClO4P. The van der Waals surface area contributed by atoms with E-state index in [0.29, 0.717) is 6.42 Å². The highest BCUT2D eigenvalue weighted by Gasteiger charge is 2.33. The van der Waals surface area contributed by atoms with Crippen LogP contribution in [-0.4, -0.2) is 23.0 Å². The first-order valence-electron chi connectivity index (χ1n) is 3.31. The molecule has 3 atom stereocenters. The zero-order chi connectivity index (χ0) is 8.48. The summed E-state index contributed by atoms with van der Waals surface area (Å²) in [5.74, 6) is 0. The predicted molar refractivity (Wildman–Crippen MR) is 40.6 cm³/mol. The van der Waals surface area contributed by atoms with E-state index < -0.39 is 7.82 Å². The van der Waals surface area contributed by atoms with Crippen molar-refractivity contribution in [1.82, 2.24) is 0 Å². The van der Waals surface area contributed by atoms with E-state index in [9.17, 15) is 4.57 Å². The summed E-state index contributed by atoms with van der Waals surface area (Å²) in [4.78, 5) is 8.85. The van der Waals surface area contributed by atoms with Gasteiger partial charge in [-0.15, -0.1) is 11.6 Å². The fraction of sp³-hybridized carbons (Fsp3) is 1.00. The van der Waals surface area contributed by atoms with Crippen molar-refractivity contribution in [2.75, 3.05) is 6.61 Å². The molecule has 0 amide bonds. The Bertz CT molecular complexity index is 183. The molecule has 6 heteroatoms. The molecule has 1 rings (SSSR count). The first kappa shape index (κ1) is 9.49. The molecule has 1 heterocycles. The molecule has 0 aromatic carbocycles. The van der Waals surface area contributed by atoms with Crippen LogP contribution in [0.3, 0.4) is 0 Å². The van der Waals surface area contributed by atoms with Crippen molar-refractivity contribution in [3.8, 4) is 0 Å². The van der Waals surface area contributed by atoms with E-state index in [1.807, 2.05) is 0 Å². The first-order chi connectivity index (χ1) is 5.01. The Morgan fingerprint density at radius 2 is 2.45 bits per heavy atom. The van der Waals surface area contributed by atoms with Crippen LogP contribution in [0, 0.1) is 0 Å². The number of hydrogen-bond donors (Lipinski definition) is 1. The molecule has 66 valence electrons. The van der Waals surface area contributed by atoms with E-state index in [2.05, 4.69) is 4.52 Å². The molecule has 1 saturated heterocycles. The molecular weight excluding hydrogens is 190 g/mol. The molecule has 4 nitrogen and oxygen atoms in total. The van der Waals surface area contributed by atoms with Gasteiger partial charge < -0.3 is 4.89 Å². The Morgan fingerprint density at radius 3 is 2.82 bits per heavy atom. The second-order valence-electron chi connectivity index (χ2n) is 2.41. The molecule has 1 aliphatic rings. The van der Waals surface area contributed by atoms with Crippen molar-refractivity contribution in [2.24, 2.45) is 0 Å². The minimum atomic E-state index is -3.78. The van der Waals surface area contributed by atoms with Gasteiger partial charge in [0.25, 0.3) is 0 Å². The minimum Gasteiger partial charge on any atom is -0.302 e. The van der Waals surface area contributed by atoms with Crippen molar-refractivity contribution in [3.05, 3.63) is 0 Å². The fourth-order valence-corrected chi connectivity index (χ4v) is 2.13. The van der Waals surface area contributed by atoms with E-state index in [1.165, 1.54) is 0 Å². The summed E-state index contributed by atoms with van der Waals surface area (Å²) in [5, 5.41) is -0.264. The van der Waals surface area contributed by atoms with Crippen molar-refractivity contribution in [2.45, 2.75) is 24.8 Å². The zero-order valence-corrected chi connectivity index (χ0v) is 7.72. The van der Waals surface area contributed by atoms with E-state index in [4.69, 9.17) is 21.0 Å². The fourth-order valence-electron chi connectivity index (χ4n) is 0.852. The number of phosphoric ester groups is 1. The summed E-state index contributed by atoms with van der Waals surface area (Å²) < 4.78 is 20.0. The van der Waals surface area contributed by atoms with Crippen LogP contribution in [0.2, 0.25) is 0 Å². The molecule has 0 radical (unpaired) electrons. The number of halogens is 1. The van der Waals surface area contributed by atoms with Gasteiger partial charge in [0.1, 0.15) is 0 Å². The lowest BCUT2D eigenvalue weighted by Crippen LogP contribution is -2.27. The summed E-state index contributed by atoms with van der Waals surface area (Å²) in [5.41, 5.74) is 0. The van der Waals surface area contributed by atoms with Crippen LogP contribution in [0.15, 0.2) is 0 Å². The van der Waals surface area contributed by atoms with Crippen LogP contribution in [0.25, 0.3) is 0 Å². The van der Waals surface area contributed by atoms with Crippen LogP contribution >= 0.6 is 19.4 Å². The lowest BCUT2D eigenvalue weighted by Gasteiger charge is -2.27. The standard InChI is InChI=1S/C5H10ClO4P/c1-4(6)5-2-3-9-11(7,8)10-5/h4-5H,2-3H2,1H3,(H,7,8). The Balaban J connectivity index is 2.53. The van der Waals surface area contributed by atoms with Crippen molar-refractivity contribution in [3.63, 3.8) is 0 Å². The Morgan fingerprint density at radius 1 is 1.82 bits per heavy atom. The van der Waals surface area contributed by atoms with Crippen molar-refractivity contribution >= 4 is 19.4 Å². The number of hydrogen-bond acceptors (Lipinski definition) is 3. The van der Waals surface area contributed by atoms with Gasteiger partial charge in [0, 0.05) is 0 Å². The maximum absolute atomic E-state index is 10.8. The molecule has 0 aromatic rings. The molecule has 3 unspecified atom stereocenters. The van der Waals surface area contributed by atoms with Crippen molar-refractivity contribution < 1.29 is 18.5 Å². The third kappa shape index (κ3) is 2.73. The van der Waals surface area contributed by atoms with Crippen LogP contribution in [0.5, 0.6) is 0 Å². The third-order valence-corrected chi connectivity index (χ3v) is 2.76. The monoisotopic (exact) mass is 200 g/mol. The van der Waals surface area contributed by atoms with Crippen LogP contribution in [0.1, 0.15) is 13.3 Å². The van der Waals surface area contributed by atoms with Crippen LogP contribution in [0.4, 0.5) is 0 Å². The molecule has 1 N–H and O–H groups in total. The summed E-state index contributed by atoms with van der Waals surface area (Å²) in [6.07, 6.45) is 0.191. The summed E-state index contributed by atoms with van der Waals surface area (Å²) in [7, 11) is -3.78. The van der Waals surface area contributed by atoms with E-state index >= 15 is 0 Å². The van der Waals surface area contributed by atoms with Gasteiger partial charge in [0.15, 0.2) is 0 Å². The topological polar surface area (TPSA) is 55.8 Å². The normalized spacial score (nSPS) is 41.9. The van der Waals surface area contributed by atoms with Gasteiger partial charge in [-0.2, -0.15) is 0 Å². The van der Waals surface area contributed by atoms with Gasteiger partial charge in [-0.25, -0.2) is 4.57 Å². The molecule has 0 aromatic heterocycles. The maximum Gasteiger partial charge on any atom is 0.472 e. The van der Waals surface area contributed by atoms with Gasteiger partial charge in [-0.05, 0) is 13.3 Å². The zero-order valence-electron chi connectivity index (χ0n) is 6.07. The van der Waals surface area contributed by atoms with E-state index in [-0.39, 0.29) is 18.1 Å². The minimum absolute atomic E-state index is 0.232. The maximum atomic E-state index is 10.8. The van der Waals surface area contributed by atoms with Gasteiger partial charge in [-0.3, -0.25) is 9.05 Å². The number of alkyl halides is 1. The third-order valence-electron chi connectivity index (χ3n) is 1.44. The Hall–Kier alpha value is 0.400. The Kier molecular flexibility index (Phi) is 2.95. The lowest BCUT2D eigenvalue weighted by molar-refractivity contribution is 0.0474. The van der Waals surface area contributed by atoms with Gasteiger partial charge in [-0.1, -0.05) is 0 Å². The van der Waals surface area contributed by atoms with Gasteiger partial charge in [0.05, 0.1) is 18.1 Å². The number of phosphoric acid groups is 1. The highest BCUT2D eigenvalue weighted by Crippen LogP contribution is 2.48. The summed E-state index contributed by atoms with van der Waals surface area (Å²) in [6.45, 7) is 1.95. The highest BCUT2D eigenvalue weighted by molar-refractivity contribution is 7.47. The molecule has 1 fully saturated rings. The lowest BCUT2D eigenvalue weighted by atomic mass is 10.2. The average Bonchev–Trinajstić information content (AvgIpc) is 1.85. The SMILES string of the molecule is CC(Cl)C1CCOP(=O)(O)O1. The van der Waals surface area contributed by atoms with Crippen LogP contribution in [-0.2, 0) is 13.6 Å². The van der Waals surface area contributed by atoms with Crippen LogP contribution < -0.4 is 0 Å². The smallest absolute Gasteiger partial charge is 0.302 e. The summed E-state index contributed by atoms with van der Waals surface area (Å²) >= 11 is 5.67. The molecule has 1 aliphatic heterocycles. The Labute approximate surface area is 70.1 Å². The molecule has 0 saturated carbocycles. The van der Waals surface area contributed by atoms with Crippen molar-refractivity contribution in [1.29, 1.82) is 0 Å². The van der Waals surface area contributed by atoms with E-state index in [1.54, 1.807) is 6.92 Å². The predicted octanol–water partition coefficient (Wildman–Crippen LogP) is 1.52. The largest absolute Gasteiger partial charge is 0.472 e. The first-order valence-corrected chi connectivity index (χ1v) is 5.24. The molecule has 0 bridgehead atoms. The average molecular weight is 201 g/mol. The van der Waals surface area contributed by atoms with E-state index in [0.717, 1.165) is 0 Å². The van der Waals surface area contributed by atoms with Gasteiger partial charge >= 0.3 is 7.82 Å². The molecule has 0 spiro atoms. The number of rotatable bonds is 1. The highest BCUT2D eigenvalue weighted by atomic mass is 35.5. The van der Waals surface area contributed by atoms with Gasteiger partial charge in [0.2, 0.25) is 0 Å². The molecule has 11 heavy (non-hydrogen) atoms. The molecule has 0 aliphatic carbocycles.